The Hall–Kier alpha value is -1.55. The average molecular weight is 258 g/mol. The number of aliphatic hydroxyl groups excluding tert-OH is 3. The molecule has 0 spiro atoms. The van der Waals surface area contributed by atoms with Gasteiger partial charge < -0.3 is 30.0 Å². The van der Waals surface area contributed by atoms with Crippen LogP contribution in [0.3, 0.4) is 0 Å². The summed E-state index contributed by atoms with van der Waals surface area (Å²) in [5, 5.41) is 44.7. The van der Waals surface area contributed by atoms with Crippen LogP contribution in [0.25, 0.3) is 0 Å². The van der Waals surface area contributed by atoms with Gasteiger partial charge in [0.2, 0.25) is 0 Å². The maximum absolute atomic E-state index is 10.6. The molecule has 9 heteroatoms. The quantitative estimate of drug-likeness (QED) is 0.435. The van der Waals surface area contributed by atoms with Gasteiger partial charge in [-0.3, -0.25) is 5.10 Å². The van der Waals surface area contributed by atoms with Crippen molar-refractivity contribution in [1.82, 2.24) is 15.2 Å². The Morgan fingerprint density at radius 1 is 1.61 bits per heavy atom. The van der Waals surface area contributed by atoms with Crippen LogP contribution in [0.1, 0.15) is 23.4 Å². The van der Waals surface area contributed by atoms with E-state index in [1.165, 1.54) is 6.92 Å². The molecule has 0 unspecified atom stereocenters. The van der Waals surface area contributed by atoms with E-state index in [1.54, 1.807) is 0 Å². The van der Waals surface area contributed by atoms with Crippen molar-refractivity contribution in [2.75, 3.05) is 6.61 Å². The number of carbonyl (C=O) groups is 1. The summed E-state index contributed by atoms with van der Waals surface area (Å²) in [6.07, 6.45) is -3.67. The number of carboxylic acids is 1. The summed E-state index contributed by atoms with van der Waals surface area (Å²) in [4.78, 5) is 14.2. The van der Waals surface area contributed by atoms with E-state index in [0.717, 1.165) is 0 Å². The van der Waals surface area contributed by atoms with Gasteiger partial charge in [0.1, 0.15) is 24.3 Å². The molecule has 100 valence electrons. The Balaban J connectivity index is 2.33. The second-order valence-corrected chi connectivity index (χ2v) is 4.18. The van der Waals surface area contributed by atoms with E-state index in [0.29, 0.717) is 0 Å². The van der Waals surface area contributed by atoms with Crippen molar-refractivity contribution >= 4 is 5.97 Å². The van der Waals surface area contributed by atoms with Crippen molar-refractivity contribution in [2.45, 2.75) is 30.8 Å². The highest BCUT2D eigenvalue weighted by Gasteiger charge is 2.53. The lowest BCUT2D eigenvalue weighted by molar-refractivity contribution is -0.256. The molecule has 18 heavy (non-hydrogen) atoms. The molecule has 2 heterocycles. The third-order valence-corrected chi connectivity index (χ3v) is 2.98. The van der Waals surface area contributed by atoms with E-state index in [1.807, 2.05) is 0 Å². The Kier molecular flexibility index (Phi) is 3.07. The molecular weight excluding hydrogens is 246 g/mol. The SMILES string of the molecule is C[C@@]1(c2nc(C(=O)[O-])n[nH]2)O[C@H](CO)[C@@H](O)[C@H]1O. The van der Waals surface area contributed by atoms with Gasteiger partial charge in [-0.15, -0.1) is 0 Å². The van der Waals surface area contributed by atoms with Gasteiger partial charge in [0.05, 0.1) is 6.61 Å². The summed E-state index contributed by atoms with van der Waals surface area (Å²) in [5.74, 6) is -2.22. The van der Waals surface area contributed by atoms with Gasteiger partial charge in [0.25, 0.3) is 0 Å². The minimum Gasteiger partial charge on any atom is -0.541 e. The first-order chi connectivity index (χ1) is 8.40. The predicted octanol–water partition coefficient (Wildman–Crippen LogP) is -3.50. The number of ether oxygens (including phenoxy) is 1. The molecule has 4 atom stereocenters. The summed E-state index contributed by atoms with van der Waals surface area (Å²) < 4.78 is 5.30. The predicted molar refractivity (Wildman–Crippen MR) is 52.0 cm³/mol. The summed E-state index contributed by atoms with van der Waals surface area (Å²) in [5.41, 5.74) is -1.48. The Morgan fingerprint density at radius 2 is 2.28 bits per heavy atom. The highest BCUT2D eigenvalue weighted by molar-refractivity contribution is 5.80. The number of hydrogen-bond acceptors (Lipinski definition) is 8. The molecular formula is C9H12N3O6-. The van der Waals surface area contributed by atoms with Crippen molar-refractivity contribution in [3.63, 3.8) is 0 Å². The molecule has 0 radical (unpaired) electrons. The summed E-state index contributed by atoms with van der Waals surface area (Å²) in [7, 11) is 0. The number of aliphatic hydroxyl groups is 3. The summed E-state index contributed by atoms with van der Waals surface area (Å²) in [6, 6.07) is 0. The fourth-order valence-electron chi connectivity index (χ4n) is 1.90. The third-order valence-electron chi connectivity index (χ3n) is 2.98. The molecule has 1 aromatic heterocycles. The van der Waals surface area contributed by atoms with Gasteiger partial charge in [-0.05, 0) is 6.92 Å². The smallest absolute Gasteiger partial charge is 0.196 e. The van der Waals surface area contributed by atoms with E-state index >= 15 is 0 Å². The molecule has 0 aliphatic carbocycles. The number of rotatable bonds is 3. The maximum atomic E-state index is 10.6. The first-order valence-electron chi connectivity index (χ1n) is 5.19. The van der Waals surface area contributed by atoms with Crippen LogP contribution < -0.4 is 5.11 Å². The van der Waals surface area contributed by atoms with Crippen LogP contribution in [0.5, 0.6) is 0 Å². The average Bonchev–Trinajstić information content (AvgIpc) is 2.90. The Bertz CT molecular complexity index is 463. The van der Waals surface area contributed by atoms with Gasteiger partial charge in [0.15, 0.2) is 17.2 Å². The first-order valence-corrected chi connectivity index (χ1v) is 5.19. The first kappa shape index (κ1) is 12.9. The molecule has 0 aromatic carbocycles. The Morgan fingerprint density at radius 3 is 2.72 bits per heavy atom. The minimum atomic E-state index is -1.58. The summed E-state index contributed by atoms with van der Waals surface area (Å²) in [6.45, 7) is 0.908. The lowest BCUT2D eigenvalue weighted by atomic mass is 9.96. The van der Waals surface area contributed by atoms with Crippen molar-refractivity contribution in [3.05, 3.63) is 11.6 Å². The normalized spacial score (nSPS) is 35.9. The molecule has 0 bridgehead atoms. The van der Waals surface area contributed by atoms with E-state index in [2.05, 4.69) is 15.2 Å². The van der Waals surface area contributed by atoms with E-state index in [4.69, 9.17) is 9.84 Å². The highest BCUT2D eigenvalue weighted by Crippen LogP contribution is 2.37. The number of nitrogens with zero attached hydrogens (tertiary/aromatic N) is 2. The molecule has 0 saturated carbocycles. The van der Waals surface area contributed by atoms with Crippen molar-refractivity contribution in [1.29, 1.82) is 0 Å². The lowest BCUT2D eigenvalue weighted by Crippen LogP contribution is -2.39. The molecule has 1 fully saturated rings. The number of carbonyl (C=O) groups excluding carboxylic acids is 1. The number of aromatic carboxylic acids is 1. The van der Waals surface area contributed by atoms with Crippen LogP contribution in [0.15, 0.2) is 0 Å². The van der Waals surface area contributed by atoms with Gasteiger partial charge in [0, 0.05) is 0 Å². The molecule has 0 amide bonds. The summed E-state index contributed by atoms with van der Waals surface area (Å²) >= 11 is 0. The van der Waals surface area contributed by atoms with E-state index in [-0.39, 0.29) is 5.82 Å². The number of nitrogens with one attached hydrogen (secondary N) is 1. The van der Waals surface area contributed by atoms with Gasteiger partial charge in [-0.25, -0.2) is 4.98 Å². The number of H-pyrrole nitrogens is 1. The fourth-order valence-corrected chi connectivity index (χ4v) is 1.90. The number of aromatic nitrogens is 3. The minimum absolute atomic E-state index is 0.0656. The zero-order valence-corrected chi connectivity index (χ0v) is 9.40. The second-order valence-electron chi connectivity index (χ2n) is 4.18. The molecule has 1 aliphatic rings. The van der Waals surface area contributed by atoms with E-state index in [9.17, 15) is 20.1 Å². The van der Waals surface area contributed by atoms with Crippen LogP contribution in [0.4, 0.5) is 0 Å². The highest BCUT2D eigenvalue weighted by atomic mass is 16.6. The molecule has 1 aromatic rings. The fraction of sp³-hybridized carbons (Fsp3) is 0.667. The van der Waals surface area contributed by atoms with Gasteiger partial charge in [-0.1, -0.05) is 0 Å². The van der Waals surface area contributed by atoms with Crippen molar-refractivity contribution in [3.8, 4) is 0 Å². The van der Waals surface area contributed by atoms with Gasteiger partial charge in [-0.2, -0.15) is 5.10 Å². The monoisotopic (exact) mass is 258 g/mol. The van der Waals surface area contributed by atoms with Crippen molar-refractivity contribution < 1.29 is 30.0 Å². The molecule has 2 rings (SSSR count). The van der Waals surface area contributed by atoms with Crippen LogP contribution in [-0.2, 0) is 10.3 Å². The topological polar surface area (TPSA) is 152 Å². The number of aromatic amines is 1. The van der Waals surface area contributed by atoms with Gasteiger partial charge >= 0.3 is 0 Å². The van der Waals surface area contributed by atoms with E-state index < -0.39 is 42.3 Å². The standard InChI is InChI=1S/C9H13N3O6/c1-9(5(15)4(14)3(2-13)18-9)8-10-6(7(16)17)11-12-8/h3-5,13-15H,2H2,1H3,(H,16,17)(H,10,11,12)/p-1/t3-,4-,5-,9-/m1/s1. The third kappa shape index (κ3) is 1.77. The molecule has 4 N–H and O–H groups in total. The lowest BCUT2D eigenvalue weighted by Gasteiger charge is -2.24. The largest absolute Gasteiger partial charge is 0.541 e. The van der Waals surface area contributed by atoms with Crippen LogP contribution in [-0.4, -0.2) is 61.4 Å². The molecule has 1 saturated heterocycles. The van der Waals surface area contributed by atoms with Crippen LogP contribution >= 0.6 is 0 Å². The van der Waals surface area contributed by atoms with Crippen LogP contribution in [0, 0.1) is 0 Å². The second kappa shape index (κ2) is 4.28. The Labute approximate surface area is 101 Å². The van der Waals surface area contributed by atoms with Crippen molar-refractivity contribution in [2.24, 2.45) is 0 Å². The number of hydrogen-bond donors (Lipinski definition) is 4. The van der Waals surface area contributed by atoms with Crippen LogP contribution in [0.2, 0.25) is 0 Å². The number of carboxylic acid groups (broad SMARTS) is 1. The molecule has 9 nitrogen and oxygen atoms in total. The maximum Gasteiger partial charge on any atom is 0.196 e. The molecule has 1 aliphatic heterocycles. The zero-order chi connectivity index (χ0) is 13.5. The zero-order valence-electron chi connectivity index (χ0n) is 9.40.